The predicted octanol–water partition coefficient (Wildman–Crippen LogP) is 3.83. The molecule has 2 nitrogen and oxygen atoms in total. The number of hydrogen-bond donors (Lipinski definition) is 1. The molecule has 1 N–H and O–H groups in total. The van der Waals surface area contributed by atoms with Gasteiger partial charge in [-0.05, 0) is 17.7 Å². The first-order valence-electron chi connectivity index (χ1n) is 5.98. The normalized spacial score (nSPS) is 11.9. The molecule has 2 aromatic rings. The van der Waals surface area contributed by atoms with Crippen molar-refractivity contribution in [3.63, 3.8) is 0 Å². The summed E-state index contributed by atoms with van der Waals surface area (Å²) in [6, 6.07) is 11.8. The molecule has 2 aromatic carbocycles. The molecule has 0 aliphatic rings. The molecule has 0 radical (unpaired) electrons. The molecule has 20 heavy (non-hydrogen) atoms. The standard InChI is InChI=1S/C15H12BrF2NO/c16-9-14(10-4-2-1-3-5-10)19-15(20)11-6-12(17)8-13(18)7-11/h1-8,14H,9H2,(H,19,20). The zero-order chi connectivity index (χ0) is 14.5. The van der Waals surface area contributed by atoms with Crippen molar-refractivity contribution in [3.8, 4) is 0 Å². The molecule has 0 aromatic heterocycles. The van der Waals surface area contributed by atoms with E-state index < -0.39 is 17.5 Å². The maximum atomic E-state index is 13.1. The molecule has 1 unspecified atom stereocenters. The van der Waals surface area contributed by atoms with E-state index in [2.05, 4.69) is 21.2 Å². The molecular formula is C15H12BrF2NO. The van der Waals surface area contributed by atoms with E-state index in [4.69, 9.17) is 0 Å². The summed E-state index contributed by atoms with van der Waals surface area (Å²) in [5.41, 5.74) is 0.874. The highest BCUT2D eigenvalue weighted by molar-refractivity contribution is 9.09. The van der Waals surface area contributed by atoms with Crippen LogP contribution in [0.1, 0.15) is 22.0 Å². The molecule has 0 heterocycles. The molecule has 2 rings (SSSR count). The highest BCUT2D eigenvalue weighted by Crippen LogP contribution is 2.16. The Morgan fingerprint density at radius 2 is 1.70 bits per heavy atom. The monoisotopic (exact) mass is 339 g/mol. The molecule has 1 atom stereocenters. The topological polar surface area (TPSA) is 29.1 Å². The van der Waals surface area contributed by atoms with Crippen LogP contribution < -0.4 is 5.32 Å². The van der Waals surface area contributed by atoms with Crippen LogP contribution in [-0.2, 0) is 0 Å². The number of carbonyl (C=O) groups excluding carboxylic acids is 1. The smallest absolute Gasteiger partial charge is 0.251 e. The molecule has 0 saturated carbocycles. The lowest BCUT2D eigenvalue weighted by molar-refractivity contribution is 0.0940. The lowest BCUT2D eigenvalue weighted by Gasteiger charge is -2.16. The maximum absolute atomic E-state index is 13.1. The van der Waals surface area contributed by atoms with Crippen molar-refractivity contribution >= 4 is 21.8 Å². The van der Waals surface area contributed by atoms with Gasteiger partial charge in [0, 0.05) is 17.0 Å². The second kappa shape index (κ2) is 6.61. The number of halogens is 3. The van der Waals surface area contributed by atoms with Gasteiger partial charge in [0.05, 0.1) is 6.04 Å². The van der Waals surface area contributed by atoms with Crippen LogP contribution in [0, 0.1) is 11.6 Å². The molecule has 104 valence electrons. The summed E-state index contributed by atoms with van der Waals surface area (Å²) in [6.45, 7) is 0. The van der Waals surface area contributed by atoms with Crippen molar-refractivity contribution in [3.05, 3.63) is 71.3 Å². The molecule has 1 amide bonds. The average molecular weight is 340 g/mol. The van der Waals surface area contributed by atoms with E-state index >= 15 is 0 Å². The van der Waals surface area contributed by atoms with Crippen LogP contribution >= 0.6 is 15.9 Å². The van der Waals surface area contributed by atoms with Gasteiger partial charge in [-0.15, -0.1) is 0 Å². The summed E-state index contributed by atoms with van der Waals surface area (Å²) in [7, 11) is 0. The van der Waals surface area contributed by atoms with Gasteiger partial charge in [0.2, 0.25) is 0 Å². The fourth-order valence-corrected chi connectivity index (χ4v) is 2.36. The minimum atomic E-state index is -0.773. The second-order valence-electron chi connectivity index (χ2n) is 4.25. The zero-order valence-electron chi connectivity index (χ0n) is 10.4. The van der Waals surface area contributed by atoms with Gasteiger partial charge in [-0.2, -0.15) is 0 Å². The lowest BCUT2D eigenvalue weighted by Crippen LogP contribution is -2.29. The largest absolute Gasteiger partial charge is 0.344 e. The quantitative estimate of drug-likeness (QED) is 0.842. The van der Waals surface area contributed by atoms with E-state index in [1.165, 1.54) is 0 Å². The van der Waals surface area contributed by atoms with Gasteiger partial charge in [-0.3, -0.25) is 4.79 Å². The van der Waals surface area contributed by atoms with Gasteiger partial charge in [0.15, 0.2) is 0 Å². The van der Waals surface area contributed by atoms with Crippen LogP contribution in [0.25, 0.3) is 0 Å². The Bertz CT molecular complexity index is 584. The number of nitrogens with one attached hydrogen (secondary N) is 1. The van der Waals surface area contributed by atoms with Gasteiger partial charge in [0.25, 0.3) is 5.91 Å². The summed E-state index contributed by atoms with van der Waals surface area (Å²) in [5, 5.41) is 3.24. The number of alkyl halides is 1. The zero-order valence-corrected chi connectivity index (χ0v) is 12.0. The third-order valence-corrected chi connectivity index (χ3v) is 3.43. The summed E-state index contributed by atoms with van der Waals surface area (Å²) in [6.07, 6.45) is 0. The lowest BCUT2D eigenvalue weighted by atomic mass is 10.1. The Morgan fingerprint density at radius 1 is 1.10 bits per heavy atom. The Kier molecular flexibility index (Phi) is 4.84. The molecule has 0 fully saturated rings. The highest BCUT2D eigenvalue weighted by atomic mass is 79.9. The van der Waals surface area contributed by atoms with Crippen molar-refractivity contribution in [2.75, 3.05) is 5.33 Å². The number of benzene rings is 2. The Hall–Kier alpha value is -1.75. The van der Waals surface area contributed by atoms with Crippen LogP contribution in [-0.4, -0.2) is 11.2 Å². The minimum Gasteiger partial charge on any atom is -0.344 e. The fraction of sp³-hybridized carbons (Fsp3) is 0.133. The first kappa shape index (κ1) is 14.7. The minimum absolute atomic E-state index is 0.0376. The van der Waals surface area contributed by atoms with Gasteiger partial charge < -0.3 is 5.32 Å². The van der Waals surface area contributed by atoms with Gasteiger partial charge in [0.1, 0.15) is 11.6 Å². The Morgan fingerprint density at radius 3 is 2.25 bits per heavy atom. The van der Waals surface area contributed by atoms with Crippen LogP contribution in [0.5, 0.6) is 0 Å². The summed E-state index contributed by atoms with van der Waals surface area (Å²) in [4.78, 5) is 12.0. The van der Waals surface area contributed by atoms with E-state index in [1.807, 2.05) is 30.3 Å². The van der Waals surface area contributed by atoms with Crippen LogP contribution in [0.4, 0.5) is 8.78 Å². The van der Waals surface area contributed by atoms with Gasteiger partial charge in [-0.1, -0.05) is 46.3 Å². The van der Waals surface area contributed by atoms with E-state index in [0.717, 1.165) is 23.8 Å². The molecule has 0 spiro atoms. The second-order valence-corrected chi connectivity index (χ2v) is 4.90. The van der Waals surface area contributed by atoms with Crippen LogP contribution in [0.15, 0.2) is 48.5 Å². The highest BCUT2D eigenvalue weighted by Gasteiger charge is 2.15. The van der Waals surface area contributed by atoms with Gasteiger partial charge >= 0.3 is 0 Å². The number of carbonyl (C=O) groups is 1. The third kappa shape index (κ3) is 3.63. The molecule has 0 saturated heterocycles. The maximum Gasteiger partial charge on any atom is 0.251 e. The fourth-order valence-electron chi connectivity index (χ4n) is 1.82. The first-order chi connectivity index (χ1) is 9.60. The van der Waals surface area contributed by atoms with Crippen LogP contribution in [0.3, 0.4) is 0 Å². The molecule has 5 heteroatoms. The van der Waals surface area contributed by atoms with E-state index in [1.54, 1.807) is 0 Å². The SMILES string of the molecule is O=C(NC(CBr)c1ccccc1)c1cc(F)cc(F)c1. The van der Waals surface area contributed by atoms with Crippen molar-refractivity contribution in [2.24, 2.45) is 0 Å². The summed E-state index contributed by atoms with van der Waals surface area (Å²) in [5.74, 6) is -2.06. The molecule has 0 aliphatic carbocycles. The summed E-state index contributed by atoms with van der Waals surface area (Å²) < 4.78 is 26.2. The number of rotatable bonds is 4. The average Bonchev–Trinajstić information content (AvgIpc) is 2.44. The van der Waals surface area contributed by atoms with Crippen molar-refractivity contribution in [2.45, 2.75) is 6.04 Å². The number of amides is 1. The Labute approximate surface area is 123 Å². The van der Waals surface area contributed by atoms with Gasteiger partial charge in [-0.25, -0.2) is 8.78 Å². The van der Waals surface area contributed by atoms with Crippen molar-refractivity contribution < 1.29 is 13.6 Å². The molecular weight excluding hydrogens is 328 g/mol. The molecule has 0 bridgehead atoms. The van der Waals surface area contributed by atoms with Crippen molar-refractivity contribution in [1.29, 1.82) is 0 Å². The third-order valence-electron chi connectivity index (χ3n) is 2.79. The molecule has 0 aliphatic heterocycles. The van der Waals surface area contributed by atoms with Crippen LogP contribution in [0.2, 0.25) is 0 Å². The predicted molar refractivity (Wildman–Crippen MR) is 76.8 cm³/mol. The summed E-state index contributed by atoms with van der Waals surface area (Å²) >= 11 is 3.32. The van der Waals surface area contributed by atoms with Crippen molar-refractivity contribution in [1.82, 2.24) is 5.32 Å². The van der Waals surface area contributed by atoms with E-state index in [0.29, 0.717) is 5.33 Å². The van der Waals surface area contributed by atoms with E-state index in [9.17, 15) is 13.6 Å². The van der Waals surface area contributed by atoms with E-state index in [-0.39, 0.29) is 11.6 Å². The number of hydrogen-bond acceptors (Lipinski definition) is 1. The first-order valence-corrected chi connectivity index (χ1v) is 7.10. The Balaban J connectivity index is 2.17.